The van der Waals surface area contributed by atoms with Crippen molar-refractivity contribution in [1.82, 2.24) is 29.9 Å². The van der Waals surface area contributed by atoms with Crippen LogP contribution < -0.4 is 14.8 Å². The van der Waals surface area contributed by atoms with Crippen LogP contribution in [0.3, 0.4) is 0 Å². The van der Waals surface area contributed by atoms with E-state index in [1.807, 2.05) is 121 Å². The Bertz CT molecular complexity index is 8460. The molecule has 2 radical (unpaired) electrons. The lowest BCUT2D eigenvalue weighted by Gasteiger charge is -2.13. The summed E-state index contributed by atoms with van der Waals surface area (Å²) in [5, 5.41) is 67.7. The summed E-state index contributed by atoms with van der Waals surface area (Å²) in [6, 6.07) is 154. The third-order valence-electron chi connectivity index (χ3n) is 23.9. The second-order valence-electron chi connectivity index (χ2n) is 32.2. The molecule has 0 aliphatic heterocycles. The molecule has 0 spiro atoms. The lowest BCUT2D eigenvalue weighted by molar-refractivity contribution is 0.425. The third kappa shape index (κ3) is 20.3. The molecule has 3 aromatic heterocycles. The molecule has 20 aromatic carbocycles. The zero-order chi connectivity index (χ0) is 93.5. The molecule has 0 aliphatic rings. The molecule has 14 nitrogen and oxygen atoms in total. The topological polar surface area (TPSA) is 224 Å². The highest BCUT2D eigenvalue weighted by molar-refractivity contribution is 9.10. The maximum atomic E-state index is 9.15. The van der Waals surface area contributed by atoms with Gasteiger partial charge in [0.25, 0.3) is 0 Å². The van der Waals surface area contributed by atoms with Gasteiger partial charge in [0, 0.05) is 48.4 Å². The van der Waals surface area contributed by atoms with E-state index in [2.05, 4.69) is 344 Å². The normalized spacial score (nSPS) is 10.8. The predicted molar refractivity (Wildman–Crippen MR) is 565 cm³/mol. The van der Waals surface area contributed by atoms with Crippen LogP contribution in [0.1, 0.15) is 11.1 Å². The Balaban J connectivity index is 0.000000118. The molecule has 137 heavy (non-hydrogen) atoms. The molecule has 0 amide bonds. The highest BCUT2D eigenvalue weighted by atomic mass is 79.9. The number of hydrogen-bond acceptors (Lipinski definition) is 14. The lowest BCUT2D eigenvalue weighted by atomic mass is 9.80. The first-order valence-electron chi connectivity index (χ1n) is 44.1. The van der Waals surface area contributed by atoms with Gasteiger partial charge >= 0.3 is 22.5 Å². The van der Waals surface area contributed by atoms with Crippen LogP contribution in [-0.2, 0) is 0 Å². The van der Waals surface area contributed by atoms with Crippen molar-refractivity contribution in [3.63, 3.8) is 0 Å². The van der Waals surface area contributed by atoms with E-state index in [4.69, 9.17) is 55.2 Å². The average Bonchev–Trinajstić information content (AvgIpc) is 0.765. The Kier molecular flexibility index (Phi) is 27.2. The highest BCUT2D eigenvalue weighted by Crippen LogP contribution is 2.41. The summed E-state index contributed by atoms with van der Waals surface area (Å²) in [6.07, 6.45) is 0. The van der Waals surface area contributed by atoms with Crippen LogP contribution in [0.15, 0.2) is 452 Å². The second kappa shape index (κ2) is 41.6. The quantitative estimate of drug-likeness (QED) is 0.0554. The highest BCUT2D eigenvalue weighted by Gasteiger charge is 2.19. The minimum Gasteiger partial charge on any atom is -0.537 e. The Morgan fingerprint density at radius 3 is 0.891 bits per heavy atom. The molecule has 4 N–H and O–H groups in total. The SMILES string of the molecule is Brc1nc(-c2ccc3ccccc3c2)c2ccccc2n1.N#Cc1ccc(-c2ccc(-c3ccc(-c4ccc(-c5nc(-c6ccc7ccccc7c6)c6ccccc6n5)cc4)c4ccccc34)cc2)cc1.N#Cc1ccc(-c2ccc(-c3ccc(Br)c4ccccc34)cc2)cc1.O[B]Oc1ccc(-c2nc(-c3ccc4ccccc4c3)c3ccccc3n2)cc1.O[B]Oc1ccc(B(O)O)cc1. The molecule has 648 valence electrons. The maximum absolute atomic E-state index is 9.15. The van der Waals surface area contributed by atoms with Crippen molar-refractivity contribution in [3.8, 4) is 136 Å². The van der Waals surface area contributed by atoms with Gasteiger partial charge in [-0.1, -0.05) is 356 Å². The summed E-state index contributed by atoms with van der Waals surface area (Å²) in [6.45, 7) is 0. The number of halogens is 2. The Morgan fingerprint density at radius 2 is 0.526 bits per heavy atom. The number of benzene rings is 20. The van der Waals surface area contributed by atoms with Gasteiger partial charge in [-0.2, -0.15) is 10.5 Å². The predicted octanol–water partition coefficient (Wildman–Crippen LogP) is 27.5. The number of aromatic nitrogens is 6. The first-order chi connectivity index (χ1) is 67.3. The minimum absolute atomic E-state index is 0.375. The number of rotatable bonds is 15. The van der Waals surface area contributed by atoms with Gasteiger partial charge in [0.1, 0.15) is 5.75 Å². The molecule has 0 unspecified atom stereocenters. The third-order valence-corrected chi connectivity index (χ3v) is 24.9. The summed E-state index contributed by atoms with van der Waals surface area (Å²) < 4.78 is 11.3. The summed E-state index contributed by atoms with van der Waals surface area (Å²) >= 11 is 7.04. The van der Waals surface area contributed by atoms with Crippen LogP contribution in [0.25, 0.3) is 199 Å². The van der Waals surface area contributed by atoms with E-state index in [9.17, 15) is 0 Å². The molecular weight excluding hydrogens is 1820 g/mol. The van der Waals surface area contributed by atoms with Crippen LogP contribution in [0.5, 0.6) is 11.5 Å². The fourth-order valence-corrected chi connectivity index (χ4v) is 17.8. The van der Waals surface area contributed by atoms with Crippen molar-refractivity contribution < 1.29 is 29.4 Å². The number of nitriles is 2. The van der Waals surface area contributed by atoms with E-state index in [1.54, 1.807) is 12.1 Å². The molecule has 23 aromatic rings. The number of nitrogens with zero attached hydrogens (tertiary/aromatic N) is 8. The van der Waals surface area contributed by atoms with E-state index in [0.29, 0.717) is 59.8 Å². The summed E-state index contributed by atoms with van der Waals surface area (Å²) in [5.41, 5.74) is 24.0. The standard InChI is InChI=1S/C47H29N3.C24H16BN2O2.C23H14BrN.C18H11BrN2.C6H7B2O4/c48-30-31-13-15-33(16-14-31)34-17-20-35(21-18-34)40-27-28-41(43-10-4-3-9-42(40)43)36-22-24-37(25-23-36)47-49-45-12-6-5-11-44(45)46(50-47)39-26-19-32-7-1-2-8-38(32)29-39;28-25-29-20-13-11-17(12-14-20)24-26-22-8-4-3-7-21(22)23(27-24)19-10-9-16-5-1-2-6-18(16)15-19;24-23-14-13-20(21-3-1-2-4-22(21)23)19-11-9-18(10-12-19)17-7-5-16(15-25)6-8-17;19-18-20-16-8-4-3-7-15(16)17(21-18)14-10-9-12-5-1-2-6-13(12)11-14;9-7-12-6-3-1-5(2-4-6)8(10)11/h1-29H;1-15,28H;1-14H;1-11H;1-4,9-11H. The molecule has 0 saturated heterocycles. The Morgan fingerprint density at radius 1 is 0.248 bits per heavy atom. The van der Waals surface area contributed by atoms with Gasteiger partial charge in [0.05, 0.1) is 62.6 Å². The van der Waals surface area contributed by atoms with Crippen LogP contribution in [-0.4, -0.2) is 72.5 Å². The van der Waals surface area contributed by atoms with Crippen molar-refractivity contribution in [2.75, 3.05) is 0 Å². The number of para-hydroxylation sites is 3. The maximum Gasteiger partial charge on any atom is 0.569 e. The van der Waals surface area contributed by atoms with Crippen LogP contribution in [0, 0.1) is 22.7 Å². The minimum atomic E-state index is -1.47. The summed E-state index contributed by atoms with van der Waals surface area (Å²) in [4.78, 5) is 28.8. The van der Waals surface area contributed by atoms with Crippen molar-refractivity contribution in [1.29, 1.82) is 10.5 Å². The van der Waals surface area contributed by atoms with E-state index >= 15 is 0 Å². The number of hydrogen-bond donors (Lipinski definition) is 4. The van der Waals surface area contributed by atoms with Crippen molar-refractivity contribution in [2.24, 2.45) is 0 Å². The van der Waals surface area contributed by atoms with E-state index in [0.717, 1.165) is 115 Å². The Labute approximate surface area is 809 Å². The van der Waals surface area contributed by atoms with Crippen molar-refractivity contribution in [2.45, 2.75) is 0 Å². The van der Waals surface area contributed by atoms with Gasteiger partial charge in [-0.25, -0.2) is 29.9 Å². The van der Waals surface area contributed by atoms with Gasteiger partial charge in [0.15, 0.2) is 16.4 Å². The van der Waals surface area contributed by atoms with Crippen molar-refractivity contribution in [3.05, 3.63) is 463 Å². The molecule has 0 saturated carbocycles. The van der Waals surface area contributed by atoms with Gasteiger partial charge < -0.3 is 29.4 Å². The molecular formula is C118H77B3Br2N8O6. The zero-order valence-electron chi connectivity index (χ0n) is 73.3. The van der Waals surface area contributed by atoms with Crippen molar-refractivity contribution >= 4 is 146 Å². The van der Waals surface area contributed by atoms with Crippen LogP contribution >= 0.6 is 31.9 Å². The molecule has 0 aliphatic carbocycles. The molecule has 0 atom stereocenters. The number of fused-ring (bicyclic) bond motifs is 8. The fourth-order valence-electron chi connectivity index (χ4n) is 16.9. The smallest absolute Gasteiger partial charge is 0.537 e. The summed E-state index contributed by atoms with van der Waals surface area (Å²) in [7, 11) is -0.249. The molecule has 23 rings (SSSR count). The molecule has 0 bridgehead atoms. The summed E-state index contributed by atoms with van der Waals surface area (Å²) in [5.74, 6) is 2.34. The van der Waals surface area contributed by atoms with Gasteiger partial charge in [-0.05, 0) is 234 Å². The monoisotopic (exact) mass is 1890 g/mol. The largest absolute Gasteiger partial charge is 0.569 e. The van der Waals surface area contributed by atoms with Gasteiger partial charge in [0.2, 0.25) is 0 Å². The van der Waals surface area contributed by atoms with Gasteiger partial charge in [-0.15, -0.1) is 0 Å². The first-order valence-corrected chi connectivity index (χ1v) is 45.7. The first kappa shape index (κ1) is 89.5. The average molecular weight is 1900 g/mol. The van der Waals surface area contributed by atoms with E-state index in [1.165, 1.54) is 100 Å². The van der Waals surface area contributed by atoms with Crippen LogP contribution in [0.4, 0.5) is 0 Å². The van der Waals surface area contributed by atoms with Gasteiger partial charge in [-0.3, -0.25) is 0 Å². The lowest BCUT2D eigenvalue weighted by Crippen LogP contribution is -2.29. The zero-order valence-corrected chi connectivity index (χ0v) is 76.5. The molecule has 19 heteroatoms. The fraction of sp³-hybridized carbons (Fsp3) is 0. The van der Waals surface area contributed by atoms with Crippen LogP contribution in [0.2, 0.25) is 0 Å². The molecule has 3 heterocycles. The van der Waals surface area contributed by atoms with E-state index in [-0.39, 0.29) is 0 Å². The molecule has 0 fully saturated rings. The van der Waals surface area contributed by atoms with E-state index < -0.39 is 7.12 Å². The Hall–Kier alpha value is -16.7. The second-order valence-corrected chi connectivity index (χ2v) is 33.8.